The third-order valence-corrected chi connectivity index (χ3v) is 22.0. The summed E-state index contributed by atoms with van der Waals surface area (Å²) in [5.74, 6) is 0.509. The van der Waals surface area contributed by atoms with E-state index in [9.17, 15) is 81.7 Å². The van der Waals surface area contributed by atoms with Gasteiger partial charge in [0.2, 0.25) is 0 Å². The standard InChI is InChI=1S/C57H92O28/c1-21-33-28(84-57(21)13-12-54(3,85-57)20-74-49-41(69)39(67)35(63)29(16-58)77-49)15-27-25-7-6-23-14-24(8-10-55(23,4)26(25)9-11-56(27,33)5)76-53-48(83-50-42(70)38(66)34(62)22(2)75-50)44(72)46(32(19-61)80-53)81-52-45(73)47(37(65)31(18-60)79-52)82-51-43(71)40(68)36(64)30(17-59)78-51/h6,21-22,24-53,58-73H,7-20H2,1-5H3/t21-,22-,24-,25?,26?,27?,28?,29+,30+,31+,32+,33?,34-,35+,36+,37+,38+,39-,40-,41+,42+,43+,44-,45+,46+,47-,48+,49+,50-,51?,52?,53+,54-,55-,56-,57?/m0/s1. The molecular formula is C57H92O28. The first-order valence-electron chi connectivity index (χ1n) is 30.4. The van der Waals surface area contributed by atoms with Crippen LogP contribution in [0.25, 0.3) is 0 Å². The van der Waals surface area contributed by atoms with E-state index >= 15 is 0 Å². The van der Waals surface area contributed by atoms with Gasteiger partial charge in [0.15, 0.2) is 37.2 Å². The minimum Gasteiger partial charge on any atom is -0.394 e. The molecule has 7 saturated heterocycles. The molecule has 4 aliphatic carbocycles. The van der Waals surface area contributed by atoms with Crippen LogP contribution in [0.4, 0.5) is 0 Å². The molecule has 36 atom stereocenters. The normalized spacial score (nSPS) is 57.0. The molecule has 0 aromatic heterocycles. The third kappa shape index (κ3) is 11.3. The van der Waals surface area contributed by atoms with Gasteiger partial charge in [0.25, 0.3) is 0 Å². The van der Waals surface area contributed by atoms with Gasteiger partial charge in [-0.25, -0.2) is 0 Å². The molecule has 10 fully saturated rings. The fourth-order valence-corrected chi connectivity index (χ4v) is 17.1. The average Bonchev–Trinajstić information content (AvgIpc) is 1.59. The summed E-state index contributed by atoms with van der Waals surface area (Å²) in [5.41, 5.74) is 0.174. The highest BCUT2D eigenvalue weighted by atomic mass is 16.8. The summed E-state index contributed by atoms with van der Waals surface area (Å²) in [7, 11) is 0. The number of aliphatic hydroxyl groups is 16. The van der Waals surface area contributed by atoms with E-state index in [2.05, 4.69) is 26.8 Å². The molecule has 0 bridgehead atoms. The van der Waals surface area contributed by atoms with Crippen LogP contribution < -0.4 is 0 Å². The quantitative estimate of drug-likeness (QED) is 0.0683. The first-order valence-corrected chi connectivity index (χ1v) is 30.4. The van der Waals surface area contributed by atoms with E-state index in [0.29, 0.717) is 43.4 Å². The highest BCUT2D eigenvalue weighted by molar-refractivity contribution is 5.27. The molecule has 7 aliphatic heterocycles. The molecular weight excluding hydrogens is 1130 g/mol. The van der Waals surface area contributed by atoms with Crippen LogP contribution in [0.2, 0.25) is 0 Å². The molecule has 8 unspecified atom stereocenters. The summed E-state index contributed by atoms with van der Waals surface area (Å²) in [4.78, 5) is 0. The zero-order chi connectivity index (χ0) is 61.1. The summed E-state index contributed by atoms with van der Waals surface area (Å²) < 4.78 is 73.9. The van der Waals surface area contributed by atoms with E-state index in [1.54, 1.807) is 0 Å². The van der Waals surface area contributed by atoms with Crippen molar-refractivity contribution in [1.29, 1.82) is 0 Å². The van der Waals surface area contributed by atoms with E-state index in [0.717, 1.165) is 32.1 Å². The van der Waals surface area contributed by atoms with E-state index in [4.69, 9.17) is 56.8 Å². The highest BCUT2D eigenvalue weighted by Gasteiger charge is 2.71. The number of allylic oxidation sites excluding steroid dienone is 1. The molecule has 16 N–H and O–H groups in total. The van der Waals surface area contributed by atoms with E-state index in [1.807, 2.05) is 6.92 Å². The average molecular weight is 1230 g/mol. The van der Waals surface area contributed by atoms with Crippen LogP contribution >= 0.6 is 0 Å². The zero-order valence-electron chi connectivity index (χ0n) is 48.5. The zero-order valence-corrected chi connectivity index (χ0v) is 48.5. The Hall–Kier alpha value is -1.38. The van der Waals surface area contributed by atoms with Crippen LogP contribution in [0.15, 0.2) is 11.6 Å². The molecule has 7 heterocycles. The molecule has 28 nitrogen and oxygen atoms in total. The molecule has 0 amide bonds. The number of aliphatic hydroxyl groups excluding tert-OH is 16. The van der Waals surface area contributed by atoms with Gasteiger partial charge in [-0.15, -0.1) is 0 Å². The molecule has 488 valence electrons. The van der Waals surface area contributed by atoms with Crippen molar-refractivity contribution in [2.45, 2.75) is 270 Å². The van der Waals surface area contributed by atoms with Crippen LogP contribution in [0.5, 0.6) is 0 Å². The lowest BCUT2D eigenvalue weighted by molar-refractivity contribution is -0.396. The lowest BCUT2D eigenvalue weighted by atomic mass is 9.47. The van der Waals surface area contributed by atoms with E-state index in [1.165, 1.54) is 12.5 Å². The van der Waals surface area contributed by atoms with Gasteiger partial charge in [0.05, 0.1) is 56.9 Å². The molecule has 11 rings (SSSR count). The summed E-state index contributed by atoms with van der Waals surface area (Å²) in [6.45, 7) is 7.30. The van der Waals surface area contributed by atoms with Crippen LogP contribution in [-0.2, 0) is 56.8 Å². The Morgan fingerprint density at radius 1 is 0.506 bits per heavy atom. The largest absolute Gasteiger partial charge is 0.394 e. The fourth-order valence-electron chi connectivity index (χ4n) is 17.1. The van der Waals surface area contributed by atoms with Gasteiger partial charge in [-0.2, -0.15) is 0 Å². The molecule has 11 aliphatic rings. The van der Waals surface area contributed by atoms with Crippen LogP contribution in [0.1, 0.15) is 92.4 Å². The number of hydrogen-bond acceptors (Lipinski definition) is 28. The van der Waals surface area contributed by atoms with Crippen molar-refractivity contribution in [3.05, 3.63) is 11.6 Å². The van der Waals surface area contributed by atoms with Gasteiger partial charge >= 0.3 is 0 Å². The van der Waals surface area contributed by atoms with Crippen molar-refractivity contribution in [2.75, 3.05) is 33.0 Å². The molecule has 3 saturated carbocycles. The number of rotatable bonds is 15. The van der Waals surface area contributed by atoms with Crippen molar-refractivity contribution in [3.63, 3.8) is 0 Å². The minimum absolute atomic E-state index is 0.0201. The van der Waals surface area contributed by atoms with Crippen LogP contribution in [0.3, 0.4) is 0 Å². The van der Waals surface area contributed by atoms with Gasteiger partial charge in [-0.3, -0.25) is 0 Å². The smallest absolute Gasteiger partial charge is 0.187 e. The molecule has 0 radical (unpaired) electrons. The first-order chi connectivity index (χ1) is 40.2. The summed E-state index contributed by atoms with van der Waals surface area (Å²) >= 11 is 0. The summed E-state index contributed by atoms with van der Waals surface area (Å²) in [6.07, 6.45) is -32.6. The number of hydrogen-bond donors (Lipinski definition) is 16. The van der Waals surface area contributed by atoms with Crippen molar-refractivity contribution < 1.29 is 139 Å². The van der Waals surface area contributed by atoms with Crippen molar-refractivity contribution >= 4 is 0 Å². The van der Waals surface area contributed by atoms with Gasteiger partial charge in [-0.05, 0) is 99.7 Å². The molecule has 1 spiro atoms. The third-order valence-electron chi connectivity index (χ3n) is 22.0. The van der Waals surface area contributed by atoms with Crippen LogP contribution in [-0.4, -0.2) is 292 Å². The molecule has 0 aromatic rings. The van der Waals surface area contributed by atoms with Crippen LogP contribution in [0, 0.1) is 40.4 Å². The molecule has 85 heavy (non-hydrogen) atoms. The second kappa shape index (κ2) is 24.9. The predicted molar refractivity (Wildman–Crippen MR) is 281 cm³/mol. The van der Waals surface area contributed by atoms with Crippen molar-refractivity contribution in [2.24, 2.45) is 40.4 Å². The van der Waals surface area contributed by atoms with Crippen molar-refractivity contribution in [3.8, 4) is 0 Å². The van der Waals surface area contributed by atoms with Gasteiger partial charge < -0.3 is 139 Å². The van der Waals surface area contributed by atoms with Gasteiger partial charge in [0, 0.05) is 12.3 Å². The highest BCUT2D eigenvalue weighted by Crippen LogP contribution is 2.71. The Morgan fingerprint density at radius 3 is 1.71 bits per heavy atom. The summed E-state index contributed by atoms with van der Waals surface area (Å²) in [6, 6.07) is 0. The Bertz CT molecular complexity index is 2310. The Kier molecular flexibility index (Phi) is 19.1. The van der Waals surface area contributed by atoms with E-state index in [-0.39, 0.29) is 35.4 Å². The van der Waals surface area contributed by atoms with E-state index < -0.39 is 197 Å². The monoisotopic (exact) mass is 1220 g/mol. The second-order valence-electron chi connectivity index (χ2n) is 27.0. The lowest BCUT2D eigenvalue weighted by Crippen LogP contribution is -2.68. The Balaban J connectivity index is 0.766. The van der Waals surface area contributed by atoms with Gasteiger partial charge in [-0.1, -0.05) is 32.4 Å². The predicted octanol–water partition coefficient (Wildman–Crippen LogP) is -5.02. The Morgan fingerprint density at radius 2 is 1.06 bits per heavy atom. The number of ether oxygens (including phenoxy) is 12. The summed E-state index contributed by atoms with van der Waals surface area (Å²) in [5, 5.41) is 171. The fraction of sp³-hybridized carbons (Fsp3) is 0.965. The first kappa shape index (κ1) is 65.1. The topological polar surface area (TPSA) is 434 Å². The lowest BCUT2D eigenvalue weighted by Gasteiger charge is -2.58. The molecule has 28 heteroatoms. The van der Waals surface area contributed by atoms with Crippen molar-refractivity contribution in [1.82, 2.24) is 0 Å². The SMILES string of the molecule is C[C@@H]1O[C@@H](O[C@H]2[C@H](O[C@H]3CC[C@@]4(C)C(=CCC5C6CC7OC8(CC[C@@](C)(CO[C@@H]9O[C@H](CO)[C@@H](O)[C@H](O)[C@H]9O)O8)[C@@H](C)C7[C@@]6(C)CCC54)C3)O[C@H](CO)[C@@H](OC3O[C@H](CO)[C@@H](O)[C@H](OC4O[C@H](CO)[C@@H](O)[C@H](O)[C@H]4O)[C@H]3O)[C@@H]2O)[C@H](O)[C@H](O)[C@H]1O. The number of fused-ring (bicyclic) bond motifs is 7. The minimum atomic E-state index is -2.03. The maximum Gasteiger partial charge on any atom is 0.187 e. The second-order valence-corrected chi connectivity index (χ2v) is 27.0. The molecule has 0 aromatic carbocycles. The maximum absolute atomic E-state index is 12.4. The van der Waals surface area contributed by atoms with Gasteiger partial charge in [0.1, 0.15) is 116 Å². The maximum atomic E-state index is 12.4. The Labute approximate surface area is 491 Å².